The van der Waals surface area contributed by atoms with Crippen molar-refractivity contribution in [1.82, 2.24) is 0 Å². The van der Waals surface area contributed by atoms with Crippen LogP contribution in [0.5, 0.6) is 0 Å². The number of anilines is 1. The van der Waals surface area contributed by atoms with Gasteiger partial charge in [-0.25, -0.2) is 0 Å². The average molecular weight is 246 g/mol. The van der Waals surface area contributed by atoms with Crippen molar-refractivity contribution >= 4 is 5.69 Å². The van der Waals surface area contributed by atoms with Gasteiger partial charge in [0.15, 0.2) is 0 Å². The number of alkyl halides is 3. The molecule has 5 heteroatoms. The van der Waals surface area contributed by atoms with Crippen LogP contribution in [0.1, 0.15) is 12.0 Å². The number of nitrogens with zero attached hydrogens (tertiary/aromatic N) is 1. The Morgan fingerprint density at radius 3 is 2.47 bits per heavy atom. The maximum Gasteiger partial charge on any atom is 0.390 e. The molecule has 0 aliphatic heterocycles. The number of nitrogens with two attached hydrogens (primary N) is 1. The van der Waals surface area contributed by atoms with E-state index in [4.69, 9.17) is 5.73 Å². The Labute approximate surface area is 99.2 Å². The second-order valence-corrected chi connectivity index (χ2v) is 3.95. The molecule has 0 saturated heterocycles. The van der Waals surface area contributed by atoms with Crippen molar-refractivity contribution in [2.75, 3.05) is 25.0 Å². The van der Waals surface area contributed by atoms with Gasteiger partial charge in [-0.05, 0) is 24.6 Å². The van der Waals surface area contributed by atoms with Crippen LogP contribution < -0.4 is 10.6 Å². The molecule has 2 N–H and O–H groups in total. The van der Waals surface area contributed by atoms with Crippen LogP contribution in [0.3, 0.4) is 0 Å². The molecule has 96 valence electrons. The quantitative estimate of drug-likeness (QED) is 0.865. The van der Waals surface area contributed by atoms with Crippen molar-refractivity contribution < 1.29 is 13.2 Å². The molecule has 1 aromatic rings. The molecule has 0 aliphatic rings. The first-order valence-corrected chi connectivity index (χ1v) is 5.50. The summed E-state index contributed by atoms with van der Waals surface area (Å²) >= 11 is 0. The van der Waals surface area contributed by atoms with Crippen LogP contribution in [0.15, 0.2) is 24.3 Å². The van der Waals surface area contributed by atoms with E-state index < -0.39 is 12.6 Å². The second kappa shape index (κ2) is 5.91. The highest BCUT2D eigenvalue weighted by Gasteiger charge is 2.27. The van der Waals surface area contributed by atoms with Gasteiger partial charge in [0.2, 0.25) is 0 Å². The minimum Gasteiger partial charge on any atom is -0.374 e. The Morgan fingerprint density at radius 1 is 1.24 bits per heavy atom. The molecule has 0 fully saturated rings. The van der Waals surface area contributed by atoms with E-state index in [9.17, 15) is 13.2 Å². The van der Waals surface area contributed by atoms with Gasteiger partial charge < -0.3 is 10.6 Å². The molecule has 1 rings (SSSR count). The zero-order valence-corrected chi connectivity index (χ0v) is 9.80. The van der Waals surface area contributed by atoms with Crippen molar-refractivity contribution in [2.45, 2.75) is 19.0 Å². The summed E-state index contributed by atoms with van der Waals surface area (Å²) in [6, 6.07) is 7.40. The Kier molecular flexibility index (Phi) is 4.81. The Morgan fingerprint density at radius 2 is 1.88 bits per heavy atom. The molecule has 2 nitrogen and oxygen atoms in total. The fourth-order valence-electron chi connectivity index (χ4n) is 1.67. The smallest absolute Gasteiger partial charge is 0.374 e. The number of para-hydroxylation sites is 1. The molecule has 0 aliphatic carbocycles. The Bertz CT molecular complexity index is 350. The monoisotopic (exact) mass is 246 g/mol. The topological polar surface area (TPSA) is 29.3 Å². The third-order valence-corrected chi connectivity index (χ3v) is 2.55. The maximum atomic E-state index is 12.1. The number of hydrogen-bond donors (Lipinski definition) is 1. The van der Waals surface area contributed by atoms with Crippen molar-refractivity contribution in [3.63, 3.8) is 0 Å². The number of rotatable bonds is 5. The van der Waals surface area contributed by atoms with E-state index in [0.717, 1.165) is 11.3 Å². The summed E-state index contributed by atoms with van der Waals surface area (Å²) in [6.07, 6.45) is -4.25. The molecule has 0 amide bonds. The molecule has 0 aromatic heterocycles. The van der Waals surface area contributed by atoms with Crippen molar-refractivity contribution in [3.8, 4) is 0 Å². The third kappa shape index (κ3) is 4.65. The third-order valence-electron chi connectivity index (χ3n) is 2.55. The molecule has 0 radical (unpaired) electrons. The van der Waals surface area contributed by atoms with Crippen molar-refractivity contribution in [1.29, 1.82) is 0 Å². The summed E-state index contributed by atoms with van der Waals surface area (Å²) in [5.41, 5.74) is 7.28. The first-order chi connectivity index (χ1) is 7.94. The maximum absolute atomic E-state index is 12.1. The summed E-state index contributed by atoms with van der Waals surface area (Å²) in [7, 11) is 1.67. The zero-order valence-electron chi connectivity index (χ0n) is 9.80. The van der Waals surface area contributed by atoms with Gasteiger partial charge in [0.25, 0.3) is 0 Å². The molecule has 0 saturated carbocycles. The lowest BCUT2D eigenvalue weighted by molar-refractivity contribution is -0.132. The molecule has 0 bridgehead atoms. The van der Waals surface area contributed by atoms with Crippen LogP contribution in [-0.4, -0.2) is 26.3 Å². The highest BCUT2D eigenvalue weighted by Crippen LogP contribution is 2.24. The molecular formula is C12H17F3N2. The van der Waals surface area contributed by atoms with Gasteiger partial charge in [0, 0.05) is 19.3 Å². The SMILES string of the molecule is CN(CCC(F)(F)F)c1ccccc1CCN. The van der Waals surface area contributed by atoms with E-state index in [-0.39, 0.29) is 6.54 Å². The summed E-state index contributed by atoms with van der Waals surface area (Å²) in [5, 5.41) is 0. The standard InChI is InChI=1S/C12H17F3N2/c1-17(9-7-12(13,14)15)11-5-3-2-4-10(11)6-8-16/h2-5H,6-9,16H2,1H3. The van der Waals surface area contributed by atoms with E-state index in [0.29, 0.717) is 13.0 Å². The van der Waals surface area contributed by atoms with Crippen LogP contribution in [0, 0.1) is 0 Å². The van der Waals surface area contributed by atoms with Crippen LogP contribution in [0.2, 0.25) is 0 Å². The average Bonchev–Trinajstić information content (AvgIpc) is 2.26. The Hall–Kier alpha value is -1.23. The van der Waals surface area contributed by atoms with Crippen LogP contribution in [0.4, 0.5) is 18.9 Å². The van der Waals surface area contributed by atoms with Gasteiger partial charge in [0.05, 0.1) is 6.42 Å². The minimum atomic E-state index is -4.11. The van der Waals surface area contributed by atoms with Gasteiger partial charge in [-0.1, -0.05) is 18.2 Å². The summed E-state index contributed by atoms with van der Waals surface area (Å²) in [6.45, 7) is 0.454. The predicted molar refractivity (Wildman–Crippen MR) is 63.1 cm³/mol. The zero-order chi connectivity index (χ0) is 12.9. The highest BCUT2D eigenvalue weighted by molar-refractivity contribution is 5.53. The second-order valence-electron chi connectivity index (χ2n) is 3.95. The van der Waals surface area contributed by atoms with E-state index in [1.165, 1.54) is 0 Å². The summed E-state index contributed by atoms with van der Waals surface area (Å²) < 4.78 is 36.4. The number of benzene rings is 1. The molecule has 0 heterocycles. The van der Waals surface area contributed by atoms with Gasteiger partial charge >= 0.3 is 6.18 Å². The largest absolute Gasteiger partial charge is 0.390 e. The fourth-order valence-corrected chi connectivity index (χ4v) is 1.67. The van der Waals surface area contributed by atoms with Crippen LogP contribution in [-0.2, 0) is 6.42 Å². The molecule has 17 heavy (non-hydrogen) atoms. The predicted octanol–water partition coefficient (Wildman–Crippen LogP) is 2.58. The van der Waals surface area contributed by atoms with Crippen molar-refractivity contribution in [3.05, 3.63) is 29.8 Å². The molecule has 0 spiro atoms. The lowest BCUT2D eigenvalue weighted by Gasteiger charge is -2.23. The normalized spacial score (nSPS) is 11.6. The summed E-state index contributed by atoms with van der Waals surface area (Å²) in [5.74, 6) is 0. The number of halogens is 3. The molecule has 0 unspecified atom stereocenters. The van der Waals surface area contributed by atoms with Crippen molar-refractivity contribution in [2.24, 2.45) is 5.73 Å². The highest BCUT2D eigenvalue weighted by atomic mass is 19.4. The van der Waals surface area contributed by atoms with Gasteiger partial charge in [-0.2, -0.15) is 13.2 Å². The molecular weight excluding hydrogens is 229 g/mol. The first kappa shape index (κ1) is 13.8. The molecule has 0 atom stereocenters. The van der Waals surface area contributed by atoms with E-state index in [1.54, 1.807) is 11.9 Å². The lowest BCUT2D eigenvalue weighted by Crippen LogP contribution is -2.25. The first-order valence-electron chi connectivity index (χ1n) is 5.50. The molecule has 1 aromatic carbocycles. The van der Waals surface area contributed by atoms with Gasteiger partial charge in [-0.15, -0.1) is 0 Å². The van der Waals surface area contributed by atoms with Gasteiger partial charge in [-0.3, -0.25) is 0 Å². The van der Waals surface area contributed by atoms with E-state index >= 15 is 0 Å². The van der Waals surface area contributed by atoms with E-state index in [1.807, 2.05) is 24.3 Å². The lowest BCUT2D eigenvalue weighted by atomic mass is 10.1. The number of hydrogen-bond acceptors (Lipinski definition) is 2. The minimum absolute atomic E-state index is 0.0366. The fraction of sp³-hybridized carbons (Fsp3) is 0.500. The van der Waals surface area contributed by atoms with Crippen LogP contribution in [0.25, 0.3) is 0 Å². The Balaban J connectivity index is 2.70. The van der Waals surface area contributed by atoms with Gasteiger partial charge in [0.1, 0.15) is 0 Å². The van der Waals surface area contributed by atoms with Crippen LogP contribution >= 0.6 is 0 Å². The summed E-state index contributed by atoms with van der Waals surface area (Å²) in [4.78, 5) is 1.62. The van der Waals surface area contributed by atoms with E-state index in [2.05, 4.69) is 0 Å².